The van der Waals surface area contributed by atoms with E-state index in [-0.39, 0.29) is 18.5 Å². The predicted molar refractivity (Wildman–Crippen MR) is 64.6 cm³/mol. The quantitative estimate of drug-likeness (QED) is 0.661. The number of sulfonamides is 1. The van der Waals surface area contributed by atoms with Crippen LogP contribution < -0.4 is 0 Å². The van der Waals surface area contributed by atoms with Crippen LogP contribution in [-0.2, 0) is 29.1 Å². The first-order valence-corrected chi connectivity index (χ1v) is 8.06. The maximum Gasteiger partial charge on any atom is 0.347 e. The summed E-state index contributed by atoms with van der Waals surface area (Å²) in [6.45, 7) is 0.697. The van der Waals surface area contributed by atoms with Crippen molar-refractivity contribution in [3.63, 3.8) is 0 Å². The first-order chi connectivity index (χ1) is 8.86. The van der Waals surface area contributed by atoms with E-state index in [2.05, 4.69) is 0 Å². The molecule has 8 heteroatoms. The highest BCUT2D eigenvalue weighted by molar-refractivity contribution is 7.88. The molecular weight excluding hydrogens is 274 g/mol. The molecule has 0 radical (unpaired) electrons. The van der Waals surface area contributed by atoms with Crippen molar-refractivity contribution in [1.29, 1.82) is 0 Å². The van der Waals surface area contributed by atoms with Crippen molar-refractivity contribution in [3.05, 3.63) is 0 Å². The number of carbonyl (C=O) groups is 2. The van der Waals surface area contributed by atoms with Gasteiger partial charge >= 0.3 is 11.9 Å². The lowest BCUT2D eigenvalue weighted by molar-refractivity contribution is -0.166. The topological polar surface area (TPSA) is 90.0 Å². The molecule has 0 bridgehead atoms. The fourth-order valence-electron chi connectivity index (χ4n) is 2.21. The second-order valence-corrected chi connectivity index (χ2v) is 6.80. The van der Waals surface area contributed by atoms with Crippen molar-refractivity contribution in [2.45, 2.75) is 37.9 Å². The van der Waals surface area contributed by atoms with Gasteiger partial charge in [0.25, 0.3) is 0 Å². The van der Waals surface area contributed by atoms with Crippen LogP contribution in [-0.4, -0.2) is 56.2 Å². The van der Waals surface area contributed by atoms with Crippen LogP contribution in [0.5, 0.6) is 0 Å². The average Bonchev–Trinajstić information content (AvgIpc) is 2.75. The van der Waals surface area contributed by atoms with Crippen LogP contribution in [0.3, 0.4) is 0 Å². The third kappa shape index (κ3) is 3.66. The number of hydrogen-bond acceptors (Lipinski definition) is 6. The van der Waals surface area contributed by atoms with E-state index in [1.54, 1.807) is 0 Å². The van der Waals surface area contributed by atoms with E-state index in [1.165, 1.54) is 4.31 Å². The summed E-state index contributed by atoms with van der Waals surface area (Å²) in [7, 11) is -3.18. The summed E-state index contributed by atoms with van der Waals surface area (Å²) in [5.41, 5.74) is 0. The average molecular weight is 291 g/mol. The van der Waals surface area contributed by atoms with Crippen molar-refractivity contribution in [1.82, 2.24) is 4.31 Å². The highest BCUT2D eigenvalue weighted by Crippen LogP contribution is 2.20. The smallest absolute Gasteiger partial charge is 0.347 e. The predicted octanol–water partition coefficient (Wildman–Crippen LogP) is -0.341. The molecule has 2 aliphatic rings. The first-order valence-electron chi connectivity index (χ1n) is 6.21. The number of rotatable bonds is 3. The Kier molecular flexibility index (Phi) is 4.10. The zero-order chi connectivity index (χ0) is 14.0. The monoisotopic (exact) mass is 291 g/mol. The summed E-state index contributed by atoms with van der Waals surface area (Å²) in [6.07, 6.45) is 1.62. The molecule has 19 heavy (non-hydrogen) atoms. The zero-order valence-electron chi connectivity index (χ0n) is 10.7. The van der Waals surface area contributed by atoms with Crippen LogP contribution in [0.25, 0.3) is 0 Å². The molecule has 0 spiro atoms. The van der Waals surface area contributed by atoms with Gasteiger partial charge in [0, 0.05) is 25.9 Å². The molecule has 0 amide bonds. The van der Waals surface area contributed by atoms with Crippen molar-refractivity contribution in [2.75, 3.05) is 19.3 Å². The van der Waals surface area contributed by atoms with Crippen molar-refractivity contribution >= 4 is 22.0 Å². The highest BCUT2D eigenvalue weighted by Gasteiger charge is 2.34. The Morgan fingerprint density at radius 3 is 2.42 bits per heavy atom. The van der Waals surface area contributed by atoms with Gasteiger partial charge in [0.1, 0.15) is 6.10 Å². The van der Waals surface area contributed by atoms with Gasteiger partial charge in [-0.3, -0.25) is 4.79 Å². The molecule has 7 nitrogen and oxygen atoms in total. The van der Waals surface area contributed by atoms with Gasteiger partial charge in [0.2, 0.25) is 10.0 Å². The standard InChI is InChI=1S/C11H17NO6S/c1-19(15,16)12-6-4-8(5-7-12)17-11(14)9-2-3-10(13)18-9/h8-9H,2-7H2,1H3. The minimum atomic E-state index is -3.18. The summed E-state index contributed by atoms with van der Waals surface area (Å²) in [4.78, 5) is 22.6. The molecule has 0 N–H and O–H groups in total. The second-order valence-electron chi connectivity index (χ2n) is 4.82. The van der Waals surface area contributed by atoms with Gasteiger partial charge in [-0.25, -0.2) is 17.5 Å². The number of hydrogen-bond donors (Lipinski definition) is 0. The van der Waals surface area contributed by atoms with Crippen molar-refractivity contribution in [2.24, 2.45) is 0 Å². The minimum Gasteiger partial charge on any atom is -0.460 e. The summed E-state index contributed by atoms with van der Waals surface area (Å²) in [6, 6.07) is 0. The third-order valence-electron chi connectivity index (χ3n) is 3.30. The van der Waals surface area contributed by atoms with E-state index >= 15 is 0 Å². The van der Waals surface area contributed by atoms with E-state index in [4.69, 9.17) is 9.47 Å². The Bertz CT molecular complexity index is 466. The van der Waals surface area contributed by atoms with Crippen LogP contribution in [0.2, 0.25) is 0 Å². The van der Waals surface area contributed by atoms with Gasteiger partial charge in [-0.1, -0.05) is 0 Å². The minimum absolute atomic E-state index is 0.242. The van der Waals surface area contributed by atoms with Gasteiger partial charge < -0.3 is 9.47 Å². The van der Waals surface area contributed by atoms with E-state index in [0.29, 0.717) is 32.4 Å². The normalized spacial score (nSPS) is 26.2. The van der Waals surface area contributed by atoms with Gasteiger partial charge in [0.05, 0.1) is 6.26 Å². The molecule has 1 atom stereocenters. The SMILES string of the molecule is CS(=O)(=O)N1CCC(OC(=O)C2CCC(=O)O2)CC1. The molecular formula is C11H17NO6S. The summed E-state index contributed by atoms with van der Waals surface area (Å²) in [5.74, 6) is -0.905. The van der Waals surface area contributed by atoms with Crippen LogP contribution in [0.1, 0.15) is 25.7 Å². The lowest BCUT2D eigenvalue weighted by atomic mass is 10.1. The molecule has 2 aliphatic heterocycles. The Morgan fingerprint density at radius 2 is 1.95 bits per heavy atom. The maximum absolute atomic E-state index is 11.7. The Labute approximate surface area is 111 Å². The fraction of sp³-hybridized carbons (Fsp3) is 0.818. The molecule has 1 unspecified atom stereocenters. The molecule has 0 aromatic heterocycles. The molecule has 0 aromatic rings. The molecule has 108 valence electrons. The number of ether oxygens (including phenoxy) is 2. The van der Waals surface area contributed by atoms with Crippen LogP contribution in [0, 0.1) is 0 Å². The maximum atomic E-state index is 11.7. The van der Waals surface area contributed by atoms with Crippen LogP contribution in [0.4, 0.5) is 0 Å². The molecule has 2 heterocycles. The molecule has 2 rings (SSSR count). The largest absolute Gasteiger partial charge is 0.460 e. The number of cyclic esters (lactones) is 1. The lowest BCUT2D eigenvalue weighted by Gasteiger charge is -2.30. The summed E-state index contributed by atoms with van der Waals surface area (Å²) >= 11 is 0. The van der Waals surface area contributed by atoms with Gasteiger partial charge in [0.15, 0.2) is 6.10 Å². The fourth-order valence-corrected chi connectivity index (χ4v) is 3.09. The summed E-state index contributed by atoms with van der Waals surface area (Å²) in [5, 5.41) is 0. The lowest BCUT2D eigenvalue weighted by Crippen LogP contribution is -2.41. The number of carbonyl (C=O) groups excluding carboxylic acids is 2. The molecule has 0 aliphatic carbocycles. The highest BCUT2D eigenvalue weighted by atomic mass is 32.2. The zero-order valence-corrected chi connectivity index (χ0v) is 11.5. The Morgan fingerprint density at radius 1 is 1.32 bits per heavy atom. The molecule has 0 aromatic carbocycles. The van der Waals surface area contributed by atoms with Crippen LogP contribution >= 0.6 is 0 Å². The van der Waals surface area contributed by atoms with Crippen molar-refractivity contribution in [3.8, 4) is 0 Å². The van der Waals surface area contributed by atoms with E-state index < -0.39 is 22.1 Å². The van der Waals surface area contributed by atoms with Gasteiger partial charge in [-0.15, -0.1) is 0 Å². The molecule has 2 saturated heterocycles. The van der Waals surface area contributed by atoms with Crippen LogP contribution in [0.15, 0.2) is 0 Å². The van der Waals surface area contributed by atoms with E-state index in [0.717, 1.165) is 6.26 Å². The number of esters is 2. The van der Waals surface area contributed by atoms with E-state index in [1.807, 2.05) is 0 Å². The number of piperidine rings is 1. The first kappa shape index (κ1) is 14.3. The third-order valence-corrected chi connectivity index (χ3v) is 4.60. The number of nitrogens with zero attached hydrogens (tertiary/aromatic N) is 1. The van der Waals surface area contributed by atoms with Crippen molar-refractivity contribution < 1.29 is 27.5 Å². The molecule has 2 fully saturated rings. The van der Waals surface area contributed by atoms with Gasteiger partial charge in [-0.2, -0.15) is 0 Å². The Balaban J connectivity index is 1.79. The van der Waals surface area contributed by atoms with Gasteiger partial charge in [-0.05, 0) is 12.8 Å². The Hall–Kier alpha value is -1.15. The molecule has 0 saturated carbocycles. The second kappa shape index (κ2) is 5.46. The summed E-state index contributed by atoms with van der Waals surface area (Å²) < 4.78 is 34.1. The van der Waals surface area contributed by atoms with E-state index in [9.17, 15) is 18.0 Å².